The first-order valence-corrected chi connectivity index (χ1v) is 11.8. The van der Waals surface area contributed by atoms with E-state index in [-0.39, 0.29) is 17.7 Å². The fraction of sp³-hybridized carbons (Fsp3) is 0.545. The summed E-state index contributed by atoms with van der Waals surface area (Å²) in [5, 5.41) is 10.1. The van der Waals surface area contributed by atoms with Crippen molar-refractivity contribution in [1.82, 2.24) is 10.6 Å². The Morgan fingerprint density at radius 2 is 2.10 bits per heavy atom. The van der Waals surface area contributed by atoms with E-state index in [1.807, 2.05) is 19.3 Å². The predicted molar refractivity (Wildman–Crippen MR) is 118 cm³/mol. The topological polar surface area (TPSA) is 85.6 Å². The molecular formula is C22H28N5O2S+. The van der Waals surface area contributed by atoms with Crippen LogP contribution in [0.1, 0.15) is 59.8 Å². The van der Waals surface area contributed by atoms with Crippen LogP contribution in [0.25, 0.3) is 0 Å². The highest BCUT2D eigenvalue weighted by Gasteiger charge is 2.35. The van der Waals surface area contributed by atoms with E-state index >= 15 is 0 Å². The highest BCUT2D eigenvalue weighted by Crippen LogP contribution is 2.39. The second kappa shape index (κ2) is 7.98. The van der Waals surface area contributed by atoms with E-state index in [1.165, 1.54) is 23.4 Å². The Balaban J connectivity index is 1.47. The van der Waals surface area contributed by atoms with Crippen molar-refractivity contribution in [2.45, 2.75) is 51.9 Å². The Labute approximate surface area is 180 Å². The second-order valence-electron chi connectivity index (χ2n) is 8.50. The first-order chi connectivity index (χ1) is 14.6. The zero-order valence-electron chi connectivity index (χ0n) is 17.3. The molecule has 1 aromatic rings. The summed E-state index contributed by atoms with van der Waals surface area (Å²) in [6, 6.07) is 0. The van der Waals surface area contributed by atoms with Gasteiger partial charge >= 0.3 is 5.96 Å². The van der Waals surface area contributed by atoms with Crippen LogP contribution in [0.3, 0.4) is 0 Å². The number of carbonyl (C=O) groups is 2. The van der Waals surface area contributed by atoms with Crippen LogP contribution in [0.15, 0.2) is 17.4 Å². The van der Waals surface area contributed by atoms with Gasteiger partial charge in [0, 0.05) is 30.2 Å². The van der Waals surface area contributed by atoms with Crippen molar-refractivity contribution in [2.24, 2.45) is 16.8 Å². The Morgan fingerprint density at radius 3 is 2.83 bits per heavy atom. The van der Waals surface area contributed by atoms with Crippen molar-refractivity contribution in [3.63, 3.8) is 0 Å². The Bertz CT molecular complexity index is 982. The minimum absolute atomic E-state index is 0.0516. The Kier molecular flexibility index (Phi) is 5.18. The molecule has 2 heterocycles. The molecule has 8 heteroatoms. The van der Waals surface area contributed by atoms with Gasteiger partial charge in [-0.1, -0.05) is 0 Å². The maximum absolute atomic E-state index is 13.2. The zero-order valence-corrected chi connectivity index (χ0v) is 18.1. The van der Waals surface area contributed by atoms with Crippen molar-refractivity contribution in [1.29, 1.82) is 0 Å². The third-order valence-corrected chi connectivity index (χ3v) is 7.29. The second-order valence-corrected chi connectivity index (χ2v) is 9.60. The fourth-order valence-electron chi connectivity index (χ4n) is 4.05. The van der Waals surface area contributed by atoms with Crippen molar-refractivity contribution < 1.29 is 14.2 Å². The first-order valence-electron chi connectivity index (χ1n) is 11.0. The average Bonchev–Trinajstić information content (AvgIpc) is 3.66. The van der Waals surface area contributed by atoms with Gasteiger partial charge in [-0.2, -0.15) is 0 Å². The molecule has 0 spiro atoms. The lowest BCUT2D eigenvalue weighted by molar-refractivity contribution is -0.325. The molecule has 0 aromatic carbocycles. The molecule has 0 atom stereocenters. The van der Waals surface area contributed by atoms with Crippen LogP contribution in [-0.2, 0) is 17.6 Å². The van der Waals surface area contributed by atoms with E-state index < -0.39 is 0 Å². The molecule has 0 unspecified atom stereocenters. The maximum atomic E-state index is 13.2. The molecule has 3 aliphatic carbocycles. The van der Waals surface area contributed by atoms with E-state index in [1.54, 1.807) is 11.3 Å². The van der Waals surface area contributed by atoms with Crippen molar-refractivity contribution in [3.05, 3.63) is 28.4 Å². The smallest absolute Gasteiger partial charge is 0.352 e. The molecule has 3 N–H and O–H groups in total. The first kappa shape index (κ1) is 19.5. The lowest BCUT2D eigenvalue weighted by atomic mass is 9.93. The highest BCUT2D eigenvalue weighted by atomic mass is 32.1. The van der Waals surface area contributed by atoms with Crippen LogP contribution in [0.2, 0.25) is 0 Å². The molecule has 2 fully saturated rings. The number of nitrogens with one attached hydrogen (secondary N) is 3. The van der Waals surface area contributed by atoms with Gasteiger partial charge in [0.15, 0.2) is 0 Å². The maximum Gasteiger partial charge on any atom is 0.395 e. The number of aliphatic imine (C=N–C) groups is 1. The molecule has 1 aliphatic heterocycles. The predicted octanol–water partition coefficient (Wildman–Crippen LogP) is 2.63. The van der Waals surface area contributed by atoms with Gasteiger partial charge in [-0.15, -0.1) is 16.3 Å². The van der Waals surface area contributed by atoms with Crippen molar-refractivity contribution in [3.8, 4) is 0 Å². The van der Waals surface area contributed by atoms with E-state index in [2.05, 4.69) is 25.5 Å². The summed E-state index contributed by atoms with van der Waals surface area (Å²) in [6.07, 6.45) is 10.7. The van der Waals surface area contributed by atoms with E-state index in [9.17, 15) is 9.59 Å². The summed E-state index contributed by atoms with van der Waals surface area (Å²) in [5.74, 6) is 1.57. The number of carbonyl (C=O) groups excluding carboxylic acids is 2. The summed E-state index contributed by atoms with van der Waals surface area (Å²) in [7, 11) is 0. The Hall–Kier alpha value is -2.48. The standard InChI is InChI=1S/C22H27N5O2S/c1-2-23-22-24-9-10-27(22)15-7-8-17-16(11-15)18(20(29)25-12-13-3-4-13)21(30-17)26-19(28)14-5-6-14/h9-10,13-14H,2-8,11-12H2,1H3,(H2-,23,24,25,26,28,29)/p+1/b27-15+. The van der Waals surface area contributed by atoms with E-state index in [0.717, 1.165) is 48.8 Å². The summed E-state index contributed by atoms with van der Waals surface area (Å²) < 4.78 is 2.11. The van der Waals surface area contributed by atoms with Gasteiger partial charge in [-0.25, -0.2) is 9.89 Å². The molecule has 0 saturated heterocycles. The van der Waals surface area contributed by atoms with E-state index in [0.29, 0.717) is 24.4 Å². The molecule has 0 bridgehead atoms. The minimum atomic E-state index is -0.0516. The number of amides is 2. The number of rotatable bonds is 6. The van der Waals surface area contributed by atoms with Gasteiger partial charge in [0.05, 0.1) is 17.5 Å². The van der Waals surface area contributed by atoms with Crippen molar-refractivity contribution >= 4 is 39.8 Å². The van der Waals surface area contributed by atoms with Crippen LogP contribution in [0.4, 0.5) is 5.00 Å². The quantitative estimate of drug-likeness (QED) is 0.612. The van der Waals surface area contributed by atoms with Crippen LogP contribution < -0.4 is 16.0 Å². The monoisotopic (exact) mass is 426 g/mol. The summed E-state index contributed by atoms with van der Waals surface area (Å²) in [5.41, 5.74) is 2.97. The van der Waals surface area contributed by atoms with Gasteiger partial charge in [-0.05, 0) is 50.5 Å². The van der Waals surface area contributed by atoms with Crippen LogP contribution in [-0.4, -0.2) is 41.2 Å². The van der Waals surface area contributed by atoms with Gasteiger partial charge in [-0.3, -0.25) is 9.59 Å². The number of aryl methyl sites for hydroxylation is 1. The third-order valence-electron chi connectivity index (χ3n) is 6.09. The highest BCUT2D eigenvalue weighted by molar-refractivity contribution is 7.17. The number of fused-ring (bicyclic) bond motifs is 1. The van der Waals surface area contributed by atoms with Gasteiger partial charge < -0.3 is 10.6 Å². The minimum Gasteiger partial charge on any atom is -0.352 e. The normalized spacial score (nSPS) is 24.0. The summed E-state index contributed by atoms with van der Waals surface area (Å²) in [6.45, 7) is 3.45. The van der Waals surface area contributed by atoms with Gasteiger partial charge in [0.2, 0.25) is 5.91 Å². The third kappa shape index (κ3) is 3.93. The zero-order chi connectivity index (χ0) is 20.7. The molecular weight excluding hydrogens is 398 g/mol. The molecule has 2 amide bonds. The van der Waals surface area contributed by atoms with Gasteiger partial charge in [0.1, 0.15) is 17.7 Å². The number of hydrogen-bond donors (Lipinski definition) is 3. The molecule has 2 saturated carbocycles. The van der Waals surface area contributed by atoms with Crippen molar-refractivity contribution in [2.75, 3.05) is 18.4 Å². The largest absolute Gasteiger partial charge is 0.395 e. The average molecular weight is 427 g/mol. The van der Waals surface area contributed by atoms with Gasteiger partial charge in [0.25, 0.3) is 5.91 Å². The number of hydrogen-bond acceptors (Lipinski definition) is 4. The lowest BCUT2D eigenvalue weighted by Gasteiger charge is -2.17. The SMILES string of the molecule is CCN=C1NC=C/[N+]1=C1/CCc2sc(NC(=O)C3CC3)c(C(=O)NCC3CC3)c2C1. The molecule has 0 radical (unpaired) electrons. The van der Waals surface area contributed by atoms with Crippen LogP contribution in [0, 0.1) is 11.8 Å². The molecule has 4 aliphatic rings. The number of thiophene rings is 1. The van der Waals surface area contributed by atoms with Crippen LogP contribution >= 0.6 is 11.3 Å². The fourth-order valence-corrected chi connectivity index (χ4v) is 5.26. The lowest BCUT2D eigenvalue weighted by Crippen LogP contribution is -2.32. The van der Waals surface area contributed by atoms with Crippen LogP contribution in [0.5, 0.6) is 0 Å². The number of nitrogens with zero attached hydrogens (tertiary/aromatic N) is 2. The number of anilines is 1. The number of guanidine groups is 1. The summed E-state index contributed by atoms with van der Waals surface area (Å²) in [4.78, 5) is 31.4. The summed E-state index contributed by atoms with van der Waals surface area (Å²) >= 11 is 1.58. The molecule has 1 aromatic heterocycles. The Morgan fingerprint density at radius 1 is 1.27 bits per heavy atom. The molecule has 7 nitrogen and oxygen atoms in total. The molecule has 5 rings (SSSR count). The molecule has 158 valence electrons. The molecule has 30 heavy (non-hydrogen) atoms. The van der Waals surface area contributed by atoms with E-state index in [4.69, 9.17) is 0 Å².